The van der Waals surface area contributed by atoms with Crippen LogP contribution in [0.4, 0.5) is 19.0 Å². The summed E-state index contributed by atoms with van der Waals surface area (Å²) in [5.41, 5.74) is -0.587. The highest BCUT2D eigenvalue weighted by Crippen LogP contribution is 2.40. The van der Waals surface area contributed by atoms with E-state index in [1.807, 2.05) is 4.90 Å². The molecule has 1 aromatic heterocycles. The molecule has 116 valence electrons. The van der Waals surface area contributed by atoms with Gasteiger partial charge in [0.15, 0.2) is 0 Å². The maximum Gasteiger partial charge on any atom is 0.417 e. The quantitative estimate of drug-likeness (QED) is 0.860. The minimum atomic E-state index is -4.41. The van der Waals surface area contributed by atoms with Crippen molar-refractivity contribution < 1.29 is 13.2 Å². The first kappa shape index (κ1) is 14.9. The third-order valence-electron chi connectivity index (χ3n) is 4.45. The normalized spacial score (nSPS) is 26.6. The number of nitrogens with one attached hydrogen (secondary N) is 1. The number of anilines is 1. The smallest absolute Gasteiger partial charge is 0.355 e. The van der Waals surface area contributed by atoms with Gasteiger partial charge in [-0.1, -0.05) is 11.6 Å². The SMILES string of the molecule is FC(F)(F)c1cnc(N2CCC3(CCCNC3)C2)c(Cl)c1. The molecule has 3 nitrogen and oxygen atoms in total. The van der Waals surface area contributed by atoms with Gasteiger partial charge in [0.05, 0.1) is 10.6 Å². The van der Waals surface area contributed by atoms with E-state index in [0.717, 1.165) is 57.7 Å². The fourth-order valence-corrected chi connectivity index (χ4v) is 3.60. The van der Waals surface area contributed by atoms with Crippen molar-refractivity contribution in [1.82, 2.24) is 10.3 Å². The second kappa shape index (κ2) is 5.32. The van der Waals surface area contributed by atoms with Crippen molar-refractivity contribution in [2.75, 3.05) is 31.1 Å². The first-order valence-corrected chi connectivity index (χ1v) is 7.46. The summed E-state index contributed by atoms with van der Waals surface area (Å²) in [5, 5.41) is 3.48. The zero-order chi connectivity index (χ0) is 15.1. The summed E-state index contributed by atoms with van der Waals surface area (Å²) < 4.78 is 37.9. The number of halogens is 4. The molecule has 0 bridgehead atoms. The molecule has 1 atom stereocenters. The van der Waals surface area contributed by atoms with Gasteiger partial charge in [-0.3, -0.25) is 0 Å². The van der Waals surface area contributed by atoms with E-state index >= 15 is 0 Å². The molecular formula is C14H17ClF3N3. The lowest BCUT2D eigenvalue weighted by Gasteiger charge is -2.34. The molecule has 0 radical (unpaired) electrons. The maximum atomic E-state index is 12.6. The van der Waals surface area contributed by atoms with E-state index in [4.69, 9.17) is 11.6 Å². The number of aromatic nitrogens is 1. The van der Waals surface area contributed by atoms with Crippen molar-refractivity contribution in [3.63, 3.8) is 0 Å². The molecule has 3 rings (SSSR count). The molecule has 0 aromatic carbocycles. The highest BCUT2D eigenvalue weighted by molar-refractivity contribution is 6.33. The summed E-state index contributed by atoms with van der Waals surface area (Å²) in [4.78, 5) is 5.97. The Hall–Kier alpha value is -1.01. The van der Waals surface area contributed by atoms with Gasteiger partial charge in [0.2, 0.25) is 0 Å². The van der Waals surface area contributed by atoms with Crippen molar-refractivity contribution >= 4 is 17.4 Å². The molecule has 1 aromatic rings. The Morgan fingerprint density at radius 2 is 2.14 bits per heavy atom. The molecule has 3 heterocycles. The molecule has 0 amide bonds. The Bertz CT molecular complexity index is 527. The third kappa shape index (κ3) is 2.97. The first-order valence-electron chi connectivity index (χ1n) is 7.08. The number of alkyl halides is 3. The monoisotopic (exact) mass is 319 g/mol. The lowest BCUT2D eigenvalue weighted by atomic mass is 9.80. The van der Waals surface area contributed by atoms with Crippen LogP contribution in [0.3, 0.4) is 0 Å². The summed E-state index contributed by atoms with van der Waals surface area (Å²) in [6.45, 7) is 3.60. The number of pyridine rings is 1. The molecule has 21 heavy (non-hydrogen) atoms. The van der Waals surface area contributed by atoms with Crippen LogP contribution >= 0.6 is 11.6 Å². The van der Waals surface area contributed by atoms with Crippen LogP contribution < -0.4 is 10.2 Å². The molecule has 0 saturated carbocycles. The van der Waals surface area contributed by atoms with Gasteiger partial charge in [0.25, 0.3) is 0 Å². The summed E-state index contributed by atoms with van der Waals surface area (Å²) in [6, 6.07) is 0.966. The predicted molar refractivity (Wildman–Crippen MR) is 75.6 cm³/mol. The van der Waals surface area contributed by atoms with E-state index in [-0.39, 0.29) is 10.4 Å². The predicted octanol–water partition coefficient (Wildman–Crippen LogP) is 3.33. The average Bonchev–Trinajstić information content (AvgIpc) is 2.82. The second-order valence-corrected chi connectivity index (χ2v) is 6.39. The van der Waals surface area contributed by atoms with Crippen LogP contribution in [0.1, 0.15) is 24.8 Å². The topological polar surface area (TPSA) is 28.2 Å². The van der Waals surface area contributed by atoms with Crippen molar-refractivity contribution in [3.05, 3.63) is 22.8 Å². The average molecular weight is 320 g/mol. The lowest BCUT2D eigenvalue weighted by molar-refractivity contribution is -0.137. The molecule has 2 aliphatic rings. The third-order valence-corrected chi connectivity index (χ3v) is 4.73. The van der Waals surface area contributed by atoms with Gasteiger partial charge >= 0.3 is 6.18 Å². The Kier molecular flexibility index (Phi) is 3.78. The standard InChI is InChI=1S/C14H17ClF3N3/c15-11-6-10(14(16,17)18)7-20-12(11)21-5-3-13(9-21)2-1-4-19-8-13/h6-7,19H,1-5,8-9H2. The van der Waals surface area contributed by atoms with E-state index in [9.17, 15) is 13.2 Å². The van der Waals surface area contributed by atoms with Gasteiger partial charge in [-0.05, 0) is 31.9 Å². The van der Waals surface area contributed by atoms with E-state index in [2.05, 4.69) is 10.3 Å². The van der Waals surface area contributed by atoms with Crippen molar-refractivity contribution in [3.8, 4) is 0 Å². The molecular weight excluding hydrogens is 303 g/mol. The molecule has 0 aliphatic carbocycles. The first-order chi connectivity index (χ1) is 9.90. The summed E-state index contributed by atoms with van der Waals surface area (Å²) >= 11 is 6.02. The highest BCUT2D eigenvalue weighted by atomic mass is 35.5. The maximum absolute atomic E-state index is 12.6. The Labute approximate surface area is 126 Å². The summed E-state index contributed by atoms with van der Waals surface area (Å²) in [5.74, 6) is 0.465. The second-order valence-electron chi connectivity index (χ2n) is 5.98. The van der Waals surface area contributed by atoms with Crippen molar-refractivity contribution in [2.24, 2.45) is 5.41 Å². The van der Waals surface area contributed by atoms with Crippen LogP contribution in [0.5, 0.6) is 0 Å². The molecule has 1 spiro atoms. The van der Waals surface area contributed by atoms with E-state index in [1.165, 1.54) is 0 Å². The fraction of sp³-hybridized carbons (Fsp3) is 0.643. The molecule has 7 heteroatoms. The molecule has 2 aliphatic heterocycles. The van der Waals surface area contributed by atoms with Crippen molar-refractivity contribution in [1.29, 1.82) is 0 Å². The Balaban J connectivity index is 1.79. The van der Waals surface area contributed by atoms with Crippen LogP contribution in [0, 0.1) is 5.41 Å². The molecule has 2 saturated heterocycles. The molecule has 1 N–H and O–H groups in total. The van der Waals surface area contributed by atoms with Crippen molar-refractivity contribution in [2.45, 2.75) is 25.4 Å². The van der Waals surface area contributed by atoms with Gasteiger partial charge in [0, 0.05) is 31.2 Å². The Morgan fingerprint density at radius 1 is 1.33 bits per heavy atom. The zero-order valence-corrected chi connectivity index (χ0v) is 12.3. The van der Waals surface area contributed by atoms with Gasteiger partial charge in [0.1, 0.15) is 5.82 Å². The fourth-order valence-electron chi connectivity index (χ4n) is 3.31. The van der Waals surface area contributed by atoms with E-state index < -0.39 is 11.7 Å². The van der Waals surface area contributed by atoms with Gasteiger partial charge in [-0.25, -0.2) is 4.98 Å². The van der Waals surface area contributed by atoms with Crippen LogP contribution in [-0.4, -0.2) is 31.2 Å². The zero-order valence-electron chi connectivity index (χ0n) is 11.5. The highest BCUT2D eigenvalue weighted by Gasteiger charge is 2.40. The number of hydrogen-bond donors (Lipinski definition) is 1. The largest absolute Gasteiger partial charge is 0.417 e. The van der Waals surface area contributed by atoms with Crippen LogP contribution in [0.25, 0.3) is 0 Å². The molecule has 1 unspecified atom stereocenters. The van der Waals surface area contributed by atoms with Crippen LogP contribution in [0.15, 0.2) is 12.3 Å². The minimum absolute atomic E-state index is 0.0747. The summed E-state index contributed by atoms with van der Waals surface area (Å²) in [7, 11) is 0. The Morgan fingerprint density at radius 3 is 2.76 bits per heavy atom. The number of nitrogens with zero attached hydrogens (tertiary/aromatic N) is 2. The summed E-state index contributed by atoms with van der Waals surface area (Å²) in [6.07, 6.45) is -0.226. The minimum Gasteiger partial charge on any atom is -0.355 e. The number of piperidine rings is 1. The number of hydrogen-bond acceptors (Lipinski definition) is 3. The number of rotatable bonds is 1. The van der Waals surface area contributed by atoms with Gasteiger partial charge in [-0.2, -0.15) is 13.2 Å². The van der Waals surface area contributed by atoms with Crippen LogP contribution in [-0.2, 0) is 6.18 Å². The van der Waals surface area contributed by atoms with E-state index in [1.54, 1.807) is 0 Å². The van der Waals surface area contributed by atoms with Crippen LogP contribution in [0.2, 0.25) is 5.02 Å². The van der Waals surface area contributed by atoms with Gasteiger partial charge in [-0.15, -0.1) is 0 Å². The lowest BCUT2D eigenvalue weighted by Crippen LogP contribution is -2.42. The molecule has 2 fully saturated rings. The van der Waals surface area contributed by atoms with E-state index in [0.29, 0.717) is 5.82 Å². The van der Waals surface area contributed by atoms with Gasteiger partial charge < -0.3 is 10.2 Å².